The van der Waals surface area contributed by atoms with Gasteiger partial charge >= 0.3 is 0 Å². The van der Waals surface area contributed by atoms with Crippen LogP contribution in [0.5, 0.6) is 11.5 Å². The van der Waals surface area contributed by atoms with Crippen LogP contribution in [-0.2, 0) is 4.79 Å². The molecule has 3 rings (SSSR count). The van der Waals surface area contributed by atoms with Gasteiger partial charge in [-0.25, -0.2) is 0 Å². The van der Waals surface area contributed by atoms with Crippen LogP contribution in [0.4, 0.5) is 0 Å². The van der Waals surface area contributed by atoms with Crippen LogP contribution in [0.1, 0.15) is 25.5 Å². The molecular weight excluding hydrogens is 256 g/mol. The zero-order chi connectivity index (χ0) is 14.1. The number of ether oxygens (including phenoxy) is 2. The van der Waals surface area contributed by atoms with Crippen LogP contribution in [0, 0.1) is 0 Å². The molecule has 1 fully saturated rings. The maximum atomic E-state index is 12.1. The molecule has 0 aromatic heterocycles. The maximum Gasteiger partial charge on any atom is 0.247 e. The highest BCUT2D eigenvalue weighted by atomic mass is 16.7. The Morgan fingerprint density at radius 2 is 2.05 bits per heavy atom. The second-order valence-electron chi connectivity index (χ2n) is 5.14. The first-order valence-corrected chi connectivity index (χ1v) is 6.75. The van der Waals surface area contributed by atoms with Gasteiger partial charge in [0, 0.05) is 18.7 Å². The van der Waals surface area contributed by atoms with E-state index in [1.54, 1.807) is 0 Å². The number of amides is 1. The molecule has 0 radical (unpaired) electrons. The van der Waals surface area contributed by atoms with E-state index in [1.165, 1.54) is 5.57 Å². The Bertz CT molecular complexity index is 574. The van der Waals surface area contributed by atoms with Gasteiger partial charge in [-0.3, -0.25) is 4.79 Å². The van der Waals surface area contributed by atoms with Crippen molar-refractivity contribution in [1.29, 1.82) is 0 Å². The molecule has 1 aromatic rings. The number of rotatable bonds is 3. The van der Waals surface area contributed by atoms with E-state index in [4.69, 9.17) is 9.47 Å². The van der Waals surface area contributed by atoms with E-state index in [0.29, 0.717) is 0 Å². The minimum Gasteiger partial charge on any atom is -0.454 e. The lowest BCUT2D eigenvalue weighted by molar-refractivity contribution is -0.118. The zero-order valence-electron chi connectivity index (χ0n) is 11.7. The Hall–Kier alpha value is -2.01. The van der Waals surface area contributed by atoms with Gasteiger partial charge in [0.1, 0.15) is 0 Å². The summed E-state index contributed by atoms with van der Waals surface area (Å²) in [7, 11) is 0. The molecule has 0 bridgehead atoms. The van der Waals surface area contributed by atoms with Crippen LogP contribution in [0.15, 0.2) is 29.3 Å². The predicted molar refractivity (Wildman–Crippen MR) is 74.7 cm³/mol. The molecule has 1 saturated heterocycles. The standard InChI is InChI=1S/C15H18N2O3/c1-9(12-6-16-7-12)15(18)17-10(2)11-3-4-13-14(5-11)20-8-19-13/h3-5,10,16H,6-8H2,1-2H3,(H,17,18). The van der Waals surface area contributed by atoms with Gasteiger partial charge < -0.3 is 20.1 Å². The van der Waals surface area contributed by atoms with Crippen molar-refractivity contribution >= 4 is 5.91 Å². The maximum absolute atomic E-state index is 12.1. The third kappa shape index (κ3) is 2.36. The Labute approximate surface area is 118 Å². The topological polar surface area (TPSA) is 59.6 Å². The Morgan fingerprint density at radius 1 is 1.30 bits per heavy atom. The van der Waals surface area contributed by atoms with Crippen molar-refractivity contribution < 1.29 is 14.3 Å². The number of carbonyl (C=O) groups is 1. The molecule has 2 N–H and O–H groups in total. The van der Waals surface area contributed by atoms with Crippen LogP contribution < -0.4 is 20.1 Å². The predicted octanol–water partition coefficient (Wildman–Crippen LogP) is 1.51. The van der Waals surface area contributed by atoms with Gasteiger partial charge in [0.15, 0.2) is 11.5 Å². The lowest BCUT2D eigenvalue weighted by Gasteiger charge is -2.22. The van der Waals surface area contributed by atoms with Crippen molar-refractivity contribution in [3.63, 3.8) is 0 Å². The molecule has 0 spiro atoms. The van der Waals surface area contributed by atoms with Crippen LogP contribution in [-0.4, -0.2) is 25.8 Å². The molecule has 5 nitrogen and oxygen atoms in total. The van der Waals surface area contributed by atoms with E-state index < -0.39 is 0 Å². The first kappa shape index (κ1) is 13.0. The van der Waals surface area contributed by atoms with Gasteiger partial charge in [-0.05, 0) is 37.1 Å². The quantitative estimate of drug-likeness (QED) is 0.820. The first-order chi connectivity index (χ1) is 9.65. The van der Waals surface area contributed by atoms with E-state index in [1.807, 2.05) is 32.0 Å². The second-order valence-corrected chi connectivity index (χ2v) is 5.14. The fourth-order valence-corrected chi connectivity index (χ4v) is 2.25. The van der Waals surface area contributed by atoms with Crippen molar-refractivity contribution in [2.45, 2.75) is 19.9 Å². The number of carbonyl (C=O) groups excluding carboxylic acids is 1. The van der Waals surface area contributed by atoms with E-state index in [2.05, 4.69) is 10.6 Å². The summed E-state index contributed by atoms with van der Waals surface area (Å²) in [4.78, 5) is 12.1. The van der Waals surface area contributed by atoms with Crippen molar-refractivity contribution in [3.8, 4) is 11.5 Å². The van der Waals surface area contributed by atoms with Gasteiger partial charge in [-0.2, -0.15) is 0 Å². The summed E-state index contributed by atoms with van der Waals surface area (Å²) in [6.45, 7) is 5.73. The Balaban J connectivity index is 1.70. The van der Waals surface area contributed by atoms with Crippen LogP contribution >= 0.6 is 0 Å². The third-order valence-electron chi connectivity index (χ3n) is 3.79. The minimum absolute atomic E-state index is 0.00772. The number of hydrogen-bond donors (Lipinski definition) is 2. The molecule has 0 aliphatic carbocycles. The summed E-state index contributed by atoms with van der Waals surface area (Å²) in [6.07, 6.45) is 0. The molecule has 1 aromatic carbocycles. The zero-order valence-corrected chi connectivity index (χ0v) is 11.7. The highest BCUT2D eigenvalue weighted by Crippen LogP contribution is 2.34. The molecule has 20 heavy (non-hydrogen) atoms. The molecular formula is C15H18N2O3. The molecule has 2 aliphatic heterocycles. The van der Waals surface area contributed by atoms with Crippen LogP contribution in [0.25, 0.3) is 0 Å². The van der Waals surface area contributed by atoms with Crippen molar-refractivity contribution in [3.05, 3.63) is 34.9 Å². The molecule has 2 aliphatic rings. The summed E-state index contributed by atoms with van der Waals surface area (Å²) in [5.74, 6) is 1.49. The number of hydrogen-bond acceptors (Lipinski definition) is 4. The van der Waals surface area contributed by atoms with Crippen molar-refractivity contribution in [2.24, 2.45) is 0 Å². The molecule has 1 amide bonds. The molecule has 1 atom stereocenters. The summed E-state index contributed by atoms with van der Waals surface area (Å²) >= 11 is 0. The summed E-state index contributed by atoms with van der Waals surface area (Å²) in [5, 5.41) is 6.16. The van der Waals surface area contributed by atoms with Crippen molar-refractivity contribution in [2.75, 3.05) is 19.9 Å². The first-order valence-electron chi connectivity index (χ1n) is 6.75. The summed E-state index contributed by atoms with van der Waals surface area (Å²) < 4.78 is 10.6. The Morgan fingerprint density at radius 3 is 2.75 bits per heavy atom. The lowest BCUT2D eigenvalue weighted by atomic mass is 10.0. The average Bonchev–Trinajstić information content (AvgIpc) is 2.83. The highest BCUT2D eigenvalue weighted by molar-refractivity contribution is 5.94. The van der Waals surface area contributed by atoms with E-state index in [-0.39, 0.29) is 18.7 Å². The summed E-state index contributed by atoms with van der Waals surface area (Å²) in [5.41, 5.74) is 3.00. The van der Waals surface area contributed by atoms with Crippen molar-refractivity contribution in [1.82, 2.24) is 10.6 Å². The smallest absolute Gasteiger partial charge is 0.247 e. The average molecular weight is 274 g/mol. The lowest BCUT2D eigenvalue weighted by Crippen LogP contribution is -2.38. The SMILES string of the molecule is CC(C(=O)NC(C)c1ccc2c(c1)OCO2)=C1CNC1. The monoisotopic (exact) mass is 274 g/mol. The van der Waals surface area contributed by atoms with E-state index in [0.717, 1.165) is 35.7 Å². The van der Waals surface area contributed by atoms with Gasteiger partial charge in [0.25, 0.3) is 0 Å². The van der Waals surface area contributed by atoms with Crippen LogP contribution in [0.2, 0.25) is 0 Å². The summed E-state index contributed by atoms with van der Waals surface area (Å²) in [6, 6.07) is 5.68. The van der Waals surface area contributed by atoms with Gasteiger partial charge in [0.05, 0.1) is 6.04 Å². The normalized spacial score (nSPS) is 17.4. The van der Waals surface area contributed by atoms with E-state index in [9.17, 15) is 4.79 Å². The second kappa shape index (κ2) is 5.17. The molecule has 1 unspecified atom stereocenters. The fraction of sp³-hybridized carbons (Fsp3) is 0.400. The van der Waals surface area contributed by atoms with Crippen LogP contribution in [0.3, 0.4) is 0 Å². The minimum atomic E-state index is -0.0689. The third-order valence-corrected chi connectivity index (χ3v) is 3.79. The van der Waals surface area contributed by atoms with E-state index >= 15 is 0 Å². The van der Waals surface area contributed by atoms with Gasteiger partial charge in [-0.15, -0.1) is 0 Å². The van der Waals surface area contributed by atoms with Gasteiger partial charge in [-0.1, -0.05) is 6.07 Å². The Kier molecular flexibility index (Phi) is 3.36. The fourth-order valence-electron chi connectivity index (χ4n) is 2.25. The largest absolute Gasteiger partial charge is 0.454 e. The number of nitrogens with one attached hydrogen (secondary N) is 2. The van der Waals surface area contributed by atoms with Gasteiger partial charge in [0.2, 0.25) is 12.7 Å². The highest BCUT2D eigenvalue weighted by Gasteiger charge is 2.19. The molecule has 5 heteroatoms. The molecule has 2 heterocycles. The molecule has 106 valence electrons. The number of fused-ring (bicyclic) bond motifs is 1. The molecule has 0 saturated carbocycles. The number of benzene rings is 1.